The van der Waals surface area contributed by atoms with E-state index in [0.717, 1.165) is 0 Å². The number of nitrogens with zero attached hydrogens (tertiary/aromatic N) is 1. The fraction of sp³-hybridized carbons (Fsp3) is 0.571. The van der Waals surface area contributed by atoms with Crippen molar-refractivity contribution in [3.05, 3.63) is 32.4 Å². The number of unbranched alkanes of at least 4 members (excludes halogenated alkanes) is 2. The molecule has 7 nitrogen and oxygen atoms in total. The van der Waals surface area contributed by atoms with E-state index in [1.54, 1.807) is 13.8 Å². The number of rotatable bonds is 8. The number of ketones is 2. The van der Waals surface area contributed by atoms with Crippen LogP contribution in [-0.4, -0.2) is 35.0 Å². The second kappa shape index (κ2) is 7.68. The maximum atomic E-state index is 12.2. The van der Waals surface area contributed by atoms with Crippen LogP contribution in [0.2, 0.25) is 0 Å². The van der Waals surface area contributed by atoms with Gasteiger partial charge in [-0.3, -0.25) is 9.59 Å². The molecule has 0 aromatic heterocycles. The maximum absolute atomic E-state index is 12.2. The molecule has 0 saturated carbocycles. The van der Waals surface area contributed by atoms with Gasteiger partial charge in [0.15, 0.2) is 11.6 Å². The molecule has 0 unspecified atom stereocenters. The van der Waals surface area contributed by atoms with Crippen LogP contribution in [0.5, 0.6) is 0 Å². The first-order valence-corrected chi connectivity index (χ1v) is 6.77. The van der Waals surface area contributed by atoms with Crippen molar-refractivity contribution >= 4 is 11.6 Å². The Morgan fingerprint density at radius 2 is 1.67 bits per heavy atom. The van der Waals surface area contributed by atoms with Crippen LogP contribution in [0.3, 0.4) is 0 Å². The molecule has 0 saturated heterocycles. The Labute approximate surface area is 122 Å². The molecule has 0 aromatic rings. The Bertz CT molecular complexity index is 518. The van der Waals surface area contributed by atoms with Gasteiger partial charge < -0.3 is 9.94 Å². The van der Waals surface area contributed by atoms with Crippen LogP contribution in [0.15, 0.2) is 22.3 Å². The van der Waals surface area contributed by atoms with Crippen LogP contribution < -0.4 is 0 Å². The molecular formula is C14H19NO6. The molecule has 0 fully saturated rings. The molecule has 0 amide bonds. The van der Waals surface area contributed by atoms with Crippen molar-refractivity contribution in [2.75, 3.05) is 13.2 Å². The largest absolute Gasteiger partial charge is 0.392 e. The van der Waals surface area contributed by atoms with Gasteiger partial charge in [0.25, 0.3) is 5.09 Å². The third-order valence-electron chi connectivity index (χ3n) is 3.56. The molecule has 1 rings (SSSR count). The highest BCUT2D eigenvalue weighted by molar-refractivity contribution is 6.24. The number of carbonyl (C=O) groups is 2. The van der Waals surface area contributed by atoms with Gasteiger partial charge in [0, 0.05) is 22.3 Å². The van der Waals surface area contributed by atoms with Crippen molar-refractivity contribution in [2.24, 2.45) is 0 Å². The standard InChI is InChI=1S/C14H19NO6/c1-9-11(6-4-3-5-7-21-15(19)20)14(18)12(8-16)10(2)13(9)17/h16H,3-8H2,1-2H3. The summed E-state index contributed by atoms with van der Waals surface area (Å²) >= 11 is 0. The van der Waals surface area contributed by atoms with E-state index in [1.807, 2.05) is 0 Å². The molecule has 0 spiro atoms. The summed E-state index contributed by atoms with van der Waals surface area (Å²) in [7, 11) is 0. The third-order valence-corrected chi connectivity index (χ3v) is 3.56. The molecule has 0 radical (unpaired) electrons. The number of allylic oxidation sites excluding steroid dienone is 3. The average Bonchev–Trinajstić information content (AvgIpc) is 2.43. The molecule has 7 heteroatoms. The zero-order valence-electron chi connectivity index (χ0n) is 12.2. The zero-order valence-corrected chi connectivity index (χ0v) is 12.2. The second-order valence-electron chi connectivity index (χ2n) is 4.89. The predicted molar refractivity (Wildman–Crippen MR) is 73.9 cm³/mol. The summed E-state index contributed by atoms with van der Waals surface area (Å²) in [6.07, 6.45) is 2.22. The number of Topliss-reactive ketones (excluding diaryl/α,β-unsaturated/α-hetero) is 2. The van der Waals surface area contributed by atoms with E-state index in [2.05, 4.69) is 4.84 Å². The minimum atomic E-state index is -0.836. The molecule has 0 heterocycles. The number of aliphatic hydroxyl groups is 1. The van der Waals surface area contributed by atoms with Gasteiger partial charge in [0.1, 0.15) is 0 Å². The normalized spacial score (nSPS) is 15.8. The fourth-order valence-corrected chi connectivity index (χ4v) is 2.29. The number of hydrogen-bond donors (Lipinski definition) is 1. The van der Waals surface area contributed by atoms with Gasteiger partial charge in [-0.05, 0) is 33.1 Å². The van der Waals surface area contributed by atoms with Gasteiger partial charge in [-0.15, -0.1) is 10.1 Å². The van der Waals surface area contributed by atoms with Crippen molar-refractivity contribution in [1.29, 1.82) is 0 Å². The Morgan fingerprint density at radius 3 is 2.24 bits per heavy atom. The Morgan fingerprint density at radius 1 is 1.05 bits per heavy atom. The molecule has 1 N–H and O–H groups in total. The lowest BCUT2D eigenvalue weighted by molar-refractivity contribution is -0.757. The molecule has 1 aliphatic carbocycles. The van der Waals surface area contributed by atoms with Gasteiger partial charge in [0.2, 0.25) is 0 Å². The van der Waals surface area contributed by atoms with Gasteiger partial charge >= 0.3 is 0 Å². The summed E-state index contributed by atoms with van der Waals surface area (Å²) < 4.78 is 0. The number of hydrogen-bond acceptors (Lipinski definition) is 6. The van der Waals surface area contributed by atoms with Crippen LogP contribution >= 0.6 is 0 Å². The third kappa shape index (κ3) is 4.22. The number of carbonyl (C=O) groups excluding carboxylic acids is 2. The van der Waals surface area contributed by atoms with E-state index < -0.39 is 11.7 Å². The molecule has 0 atom stereocenters. The minimum absolute atomic E-state index is 0.0266. The molecule has 1 aliphatic rings. The SMILES string of the molecule is CC1=C(CO)C(=O)C(CCCCCO[N+](=O)[O-])=C(C)C1=O. The number of aliphatic hydroxyl groups excluding tert-OH is 1. The van der Waals surface area contributed by atoms with Gasteiger partial charge in [-0.25, -0.2) is 0 Å². The monoisotopic (exact) mass is 297 g/mol. The fourth-order valence-electron chi connectivity index (χ4n) is 2.29. The van der Waals surface area contributed by atoms with E-state index >= 15 is 0 Å². The lowest BCUT2D eigenvalue weighted by atomic mass is 9.83. The van der Waals surface area contributed by atoms with Crippen LogP contribution in [0.4, 0.5) is 0 Å². The van der Waals surface area contributed by atoms with E-state index in [-0.39, 0.29) is 23.7 Å². The Balaban J connectivity index is 2.56. The Kier molecular flexibility index (Phi) is 6.23. The summed E-state index contributed by atoms with van der Waals surface area (Å²) in [4.78, 5) is 38.3. The van der Waals surface area contributed by atoms with Crippen LogP contribution in [0.1, 0.15) is 39.5 Å². The lowest BCUT2D eigenvalue weighted by Gasteiger charge is -2.19. The molecular weight excluding hydrogens is 278 g/mol. The predicted octanol–water partition coefficient (Wildman–Crippen LogP) is 1.53. The average molecular weight is 297 g/mol. The van der Waals surface area contributed by atoms with Crippen molar-refractivity contribution in [3.63, 3.8) is 0 Å². The molecule has 0 aliphatic heterocycles. The molecule has 0 bridgehead atoms. The van der Waals surface area contributed by atoms with Crippen molar-refractivity contribution < 1.29 is 24.6 Å². The Hall–Kier alpha value is -2.02. The van der Waals surface area contributed by atoms with Crippen molar-refractivity contribution in [2.45, 2.75) is 39.5 Å². The molecule has 116 valence electrons. The zero-order chi connectivity index (χ0) is 16.0. The summed E-state index contributed by atoms with van der Waals surface area (Å²) in [6, 6.07) is 0. The van der Waals surface area contributed by atoms with Crippen molar-refractivity contribution in [3.8, 4) is 0 Å². The second-order valence-corrected chi connectivity index (χ2v) is 4.89. The van der Waals surface area contributed by atoms with E-state index in [4.69, 9.17) is 0 Å². The first-order chi connectivity index (χ1) is 9.90. The minimum Gasteiger partial charge on any atom is -0.392 e. The highest BCUT2D eigenvalue weighted by Gasteiger charge is 2.29. The van der Waals surface area contributed by atoms with Crippen LogP contribution in [0, 0.1) is 10.1 Å². The first-order valence-electron chi connectivity index (χ1n) is 6.77. The quantitative estimate of drug-likeness (QED) is 0.315. The summed E-state index contributed by atoms with van der Waals surface area (Å²) in [5, 5.41) is 18.3. The highest BCUT2D eigenvalue weighted by atomic mass is 16.9. The molecule has 0 aromatic carbocycles. The van der Waals surface area contributed by atoms with Crippen LogP contribution in [0.25, 0.3) is 0 Å². The maximum Gasteiger partial charge on any atom is 0.294 e. The van der Waals surface area contributed by atoms with E-state index in [9.17, 15) is 24.8 Å². The van der Waals surface area contributed by atoms with E-state index in [0.29, 0.717) is 42.4 Å². The van der Waals surface area contributed by atoms with Gasteiger partial charge in [-0.2, -0.15) is 0 Å². The lowest BCUT2D eigenvalue weighted by Crippen LogP contribution is -2.23. The van der Waals surface area contributed by atoms with E-state index in [1.165, 1.54) is 0 Å². The van der Waals surface area contributed by atoms with Gasteiger partial charge in [0.05, 0.1) is 13.2 Å². The summed E-state index contributed by atoms with van der Waals surface area (Å²) in [5.74, 6) is -0.473. The van der Waals surface area contributed by atoms with Crippen molar-refractivity contribution in [1.82, 2.24) is 0 Å². The summed E-state index contributed by atoms with van der Waals surface area (Å²) in [5.41, 5.74) is 1.33. The summed E-state index contributed by atoms with van der Waals surface area (Å²) in [6.45, 7) is 2.74. The highest BCUT2D eigenvalue weighted by Crippen LogP contribution is 2.27. The van der Waals surface area contributed by atoms with Crippen LogP contribution in [-0.2, 0) is 14.4 Å². The first kappa shape index (κ1) is 17.0. The molecule has 21 heavy (non-hydrogen) atoms. The van der Waals surface area contributed by atoms with Gasteiger partial charge in [-0.1, -0.05) is 6.42 Å². The smallest absolute Gasteiger partial charge is 0.294 e. The topological polar surface area (TPSA) is 107 Å².